The maximum absolute atomic E-state index is 11.1. The van der Waals surface area contributed by atoms with Crippen LogP contribution in [0.4, 0.5) is 4.79 Å². The van der Waals surface area contributed by atoms with Crippen molar-refractivity contribution in [1.29, 1.82) is 0 Å². The van der Waals surface area contributed by atoms with Gasteiger partial charge >= 0.3 is 12.0 Å². The molecule has 4 N–H and O–H groups in total. The van der Waals surface area contributed by atoms with Crippen LogP contribution in [-0.4, -0.2) is 57.6 Å². The molecule has 0 saturated carbocycles. The highest BCUT2D eigenvalue weighted by Crippen LogP contribution is 1.89. The summed E-state index contributed by atoms with van der Waals surface area (Å²) in [5.74, 6) is -0.782. The number of carboxylic acids is 1. The van der Waals surface area contributed by atoms with Gasteiger partial charge in [-0.15, -0.1) is 0 Å². The van der Waals surface area contributed by atoms with Crippen molar-refractivity contribution in [3.63, 3.8) is 0 Å². The quantitative estimate of drug-likeness (QED) is 0.416. The van der Waals surface area contributed by atoms with Gasteiger partial charge in [0, 0.05) is 42.3 Å². The van der Waals surface area contributed by atoms with Crippen LogP contribution in [0.1, 0.15) is 12.8 Å². The number of carboxylic acid groups (broad SMARTS) is 1. The van der Waals surface area contributed by atoms with Crippen LogP contribution in [0.15, 0.2) is 0 Å². The second-order valence-corrected chi connectivity index (χ2v) is 5.01. The third kappa shape index (κ3) is 9.76. The molecule has 0 saturated heterocycles. The predicted molar refractivity (Wildman–Crippen MR) is 63.2 cm³/mol. The molecule has 8 heteroatoms. The summed E-state index contributed by atoms with van der Waals surface area (Å²) in [5, 5.41) is 22.2. The van der Waals surface area contributed by atoms with E-state index in [1.54, 1.807) is 6.26 Å². The molecule has 17 heavy (non-hydrogen) atoms. The lowest BCUT2D eigenvalue weighted by molar-refractivity contribution is -0.146. The molecule has 7 nitrogen and oxygen atoms in total. The van der Waals surface area contributed by atoms with Crippen LogP contribution >= 0.6 is 0 Å². The topological polar surface area (TPSA) is 116 Å². The smallest absolute Gasteiger partial charge is 0.332 e. The Bertz CT molecular complexity index is 285. The molecule has 0 spiro atoms. The zero-order chi connectivity index (χ0) is 13.3. The molecule has 0 radical (unpaired) electrons. The molecule has 100 valence electrons. The van der Waals surface area contributed by atoms with Gasteiger partial charge in [0.25, 0.3) is 0 Å². The summed E-state index contributed by atoms with van der Waals surface area (Å²) in [6.45, 7) is 0.492. The van der Waals surface area contributed by atoms with Crippen molar-refractivity contribution in [2.24, 2.45) is 0 Å². The summed E-state index contributed by atoms with van der Waals surface area (Å²) in [4.78, 5) is 21.4. The van der Waals surface area contributed by atoms with Crippen LogP contribution < -0.4 is 10.6 Å². The highest BCUT2D eigenvalue weighted by atomic mass is 32.2. The first-order valence-electron chi connectivity index (χ1n) is 5.16. The minimum atomic E-state index is -1.46. The average Bonchev–Trinajstić information content (AvgIpc) is 2.23. The van der Waals surface area contributed by atoms with Crippen molar-refractivity contribution in [2.75, 3.05) is 25.1 Å². The molecule has 2 amide bonds. The second-order valence-electron chi connectivity index (χ2n) is 3.46. The Morgan fingerprint density at radius 1 is 1.29 bits per heavy atom. The fraction of sp³-hybridized carbons (Fsp3) is 0.778. The van der Waals surface area contributed by atoms with Crippen LogP contribution in [0.3, 0.4) is 0 Å². The number of rotatable bonds is 8. The minimum absolute atomic E-state index is 0.0400. The number of urea groups is 1. The fourth-order valence-electron chi connectivity index (χ4n) is 0.986. The molecule has 2 atom stereocenters. The second kappa shape index (κ2) is 8.94. The van der Waals surface area contributed by atoms with E-state index in [9.17, 15) is 13.8 Å². The van der Waals surface area contributed by atoms with E-state index in [-0.39, 0.29) is 13.0 Å². The Labute approximate surface area is 102 Å². The van der Waals surface area contributed by atoms with Crippen molar-refractivity contribution in [3.8, 4) is 0 Å². The number of hydrogen-bond acceptors (Lipinski definition) is 4. The number of carbonyl (C=O) groups is 2. The molecule has 0 rings (SSSR count). The zero-order valence-corrected chi connectivity index (χ0v) is 10.5. The molecular weight excluding hydrogens is 248 g/mol. The molecule has 0 fully saturated rings. The largest absolute Gasteiger partial charge is 0.479 e. The van der Waals surface area contributed by atoms with Crippen LogP contribution in [0, 0.1) is 0 Å². The maximum Gasteiger partial charge on any atom is 0.332 e. The van der Waals surface area contributed by atoms with Crippen molar-refractivity contribution in [2.45, 2.75) is 18.9 Å². The van der Waals surface area contributed by atoms with Gasteiger partial charge in [0.15, 0.2) is 6.10 Å². The molecule has 0 aromatic carbocycles. The summed E-state index contributed by atoms with van der Waals surface area (Å²) in [6, 6.07) is -0.426. The minimum Gasteiger partial charge on any atom is -0.479 e. The van der Waals surface area contributed by atoms with E-state index in [0.717, 1.165) is 0 Å². The first kappa shape index (κ1) is 15.9. The summed E-state index contributed by atoms with van der Waals surface area (Å²) in [6.07, 6.45) is 0.710. The monoisotopic (exact) mass is 266 g/mol. The third-order valence-electron chi connectivity index (χ3n) is 1.88. The van der Waals surface area contributed by atoms with Gasteiger partial charge < -0.3 is 20.8 Å². The number of aliphatic carboxylic acids is 1. The van der Waals surface area contributed by atoms with E-state index in [1.807, 2.05) is 0 Å². The van der Waals surface area contributed by atoms with E-state index in [0.29, 0.717) is 18.7 Å². The number of aliphatic hydroxyl groups excluding tert-OH is 1. The average molecular weight is 266 g/mol. The number of amides is 2. The lowest BCUT2D eigenvalue weighted by Gasteiger charge is -2.08. The van der Waals surface area contributed by atoms with E-state index >= 15 is 0 Å². The molecule has 0 aliphatic carbocycles. The lowest BCUT2D eigenvalue weighted by atomic mass is 10.2. The molecule has 0 aliphatic heterocycles. The molecule has 0 aliphatic rings. The van der Waals surface area contributed by atoms with Crippen molar-refractivity contribution in [3.05, 3.63) is 0 Å². The normalized spacial score (nSPS) is 13.8. The third-order valence-corrected chi connectivity index (χ3v) is 2.75. The van der Waals surface area contributed by atoms with Gasteiger partial charge in [-0.25, -0.2) is 9.59 Å². The van der Waals surface area contributed by atoms with Gasteiger partial charge in [-0.3, -0.25) is 4.21 Å². The van der Waals surface area contributed by atoms with Crippen molar-refractivity contribution >= 4 is 22.8 Å². The van der Waals surface area contributed by atoms with Gasteiger partial charge in [0.2, 0.25) is 0 Å². The van der Waals surface area contributed by atoms with E-state index in [1.165, 1.54) is 0 Å². The Hall–Kier alpha value is -1.15. The van der Waals surface area contributed by atoms with E-state index < -0.39 is 28.9 Å². The Balaban J connectivity index is 3.47. The SMILES string of the molecule is CS(=O)CCCNC(=O)NCC[C@H](O)C(=O)O. The highest BCUT2D eigenvalue weighted by molar-refractivity contribution is 7.84. The standard InChI is InChI=1S/C9H18N2O5S/c1-17(16)6-2-4-10-9(15)11-5-3-7(12)8(13)14/h7,12H,2-6H2,1H3,(H,13,14)(H2,10,11,15)/t7-,17?/m0/s1. The van der Waals surface area contributed by atoms with Gasteiger partial charge in [-0.1, -0.05) is 0 Å². The first-order valence-corrected chi connectivity index (χ1v) is 6.88. The van der Waals surface area contributed by atoms with Gasteiger partial charge in [-0.2, -0.15) is 0 Å². The van der Waals surface area contributed by atoms with E-state index in [4.69, 9.17) is 10.2 Å². The molecule has 0 aromatic rings. The van der Waals surface area contributed by atoms with Crippen molar-refractivity contribution in [1.82, 2.24) is 10.6 Å². The molecule has 0 heterocycles. The summed E-state index contributed by atoms with van der Waals surface area (Å²) in [5.41, 5.74) is 0. The first-order chi connectivity index (χ1) is 7.93. The van der Waals surface area contributed by atoms with Crippen LogP contribution in [-0.2, 0) is 15.6 Å². The number of hydrogen-bond donors (Lipinski definition) is 4. The summed E-state index contributed by atoms with van der Waals surface area (Å²) in [7, 11) is -0.867. The van der Waals surface area contributed by atoms with Crippen LogP contribution in [0.2, 0.25) is 0 Å². The van der Waals surface area contributed by atoms with Gasteiger partial charge in [-0.05, 0) is 6.42 Å². The maximum atomic E-state index is 11.1. The predicted octanol–water partition coefficient (Wildman–Crippen LogP) is -1.11. The summed E-state index contributed by atoms with van der Waals surface area (Å²) >= 11 is 0. The Kier molecular flexibility index (Phi) is 8.34. The van der Waals surface area contributed by atoms with Gasteiger partial charge in [0.05, 0.1) is 0 Å². The zero-order valence-electron chi connectivity index (χ0n) is 9.64. The molecular formula is C9H18N2O5S. The van der Waals surface area contributed by atoms with Gasteiger partial charge in [0.1, 0.15) is 0 Å². The van der Waals surface area contributed by atoms with Crippen LogP contribution in [0.25, 0.3) is 0 Å². The number of nitrogens with one attached hydrogen (secondary N) is 2. The molecule has 0 aromatic heterocycles. The summed E-state index contributed by atoms with van der Waals surface area (Å²) < 4.78 is 10.7. The van der Waals surface area contributed by atoms with Crippen LogP contribution in [0.5, 0.6) is 0 Å². The van der Waals surface area contributed by atoms with E-state index in [2.05, 4.69) is 10.6 Å². The number of carbonyl (C=O) groups excluding carboxylic acids is 1. The highest BCUT2D eigenvalue weighted by Gasteiger charge is 2.12. The lowest BCUT2D eigenvalue weighted by Crippen LogP contribution is -2.38. The van der Waals surface area contributed by atoms with Crippen molar-refractivity contribution < 1.29 is 24.0 Å². The number of aliphatic hydroxyl groups is 1. The Morgan fingerprint density at radius 2 is 1.88 bits per heavy atom. The molecule has 0 bridgehead atoms. The molecule has 1 unspecified atom stereocenters. The Morgan fingerprint density at radius 3 is 2.41 bits per heavy atom. The fourth-order valence-corrected chi connectivity index (χ4v) is 1.54.